The normalized spacial score (nSPS) is 21.4. The van der Waals surface area contributed by atoms with Crippen molar-refractivity contribution >= 4 is 15.7 Å². The summed E-state index contributed by atoms with van der Waals surface area (Å²) in [5.41, 5.74) is 6.83. The Bertz CT molecular complexity index is 588. The highest BCUT2D eigenvalue weighted by Crippen LogP contribution is 2.32. The second kappa shape index (κ2) is 5.59. The molecule has 2 aliphatic rings. The lowest BCUT2D eigenvalue weighted by Gasteiger charge is -2.30. The molecular weight excluding hydrogens is 286 g/mol. The van der Waals surface area contributed by atoms with Gasteiger partial charge in [-0.2, -0.15) is 0 Å². The highest BCUT2D eigenvalue weighted by atomic mass is 32.2. The van der Waals surface area contributed by atoms with Gasteiger partial charge in [-0.1, -0.05) is 12.8 Å². The van der Waals surface area contributed by atoms with E-state index in [9.17, 15) is 8.42 Å². The van der Waals surface area contributed by atoms with Gasteiger partial charge >= 0.3 is 0 Å². The van der Waals surface area contributed by atoms with E-state index in [4.69, 9.17) is 5.73 Å². The Morgan fingerprint density at radius 1 is 1.14 bits per heavy atom. The van der Waals surface area contributed by atoms with Crippen LogP contribution in [0.1, 0.15) is 38.5 Å². The minimum atomic E-state index is -3.36. The van der Waals surface area contributed by atoms with Crippen LogP contribution in [0.2, 0.25) is 0 Å². The lowest BCUT2D eigenvalue weighted by atomic mass is 9.97. The molecule has 2 aliphatic carbocycles. The van der Waals surface area contributed by atoms with Crippen LogP contribution in [0, 0.1) is 0 Å². The third-order valence-corrected chi connectivity index (χ3v) is 5.96. The predicted molar refractivity (Wildman–Crippen MR) is 83.7 cm³/mol. The van der Waals surface area contributed by atoms with Crippen LogP contribution in [-0.2, 0) is 10.0 Å². The molecule has 0 aromatic heterocycles. The van der Waals surface area contributed by atoms with Crippen molar-refractivity contribution in [3.05, 3.63) is 24.3 Å². The second-order valence-electron chi connectivity index (χ2n) is 6.24. The molecule has 0 heterocycles. The average Bonchev–Trinajstić information content (AvgIpc) is 3.15. The van der Waals surface area contributed by atoms with Gasteiger partial charge in [0.2, 0.25) is 10.0 Å². The maximum Gasteiger partial charge on any atom is 0.240 e. The summed E-state index contributed by atoms with van der Waals surface area (Å²) in [4.78, 5) is 0.327. The van der Waals surface area contributed by atoms with E-state index in [1.807, 2.05) is 12.1 Å². The highest BCUT2D eigenvalue weighted by Gasteiger charge is 2.32. The Balaban J connectivity index is 1.71. The molecule has 1 aromatic carbocycles. The van der Waals surface area contributed by atoms with Crippen molar-refractivity contribution in [2.45, 2.75) is 55.0 Å². The van der Waals surface area contributed by atoms with Crippen molar-refractivity contribution in [3.63, 3.8) is 0 Å². The van der Waals surface area contributed by atoms with Crippen LogP contribution < -0.4 is 15.8 Å². The maximum atomic E-state index is 12.1. The largest absolute Gasteiger partial charge is 0.378 e. The Morgan fingerprint density at radius 3 is 2.29 bits per heavy atom. The van der Waals surface area contributed by atoms with Crippen LogP contribution >= 0.6 is 0 Å². The molecule has 2 saturated carbocycles. The Labute approximate surface area is 126 Å². The summed E-state index contributed by atoms with van der Waals surface area (Å²) < 4.78 is 26.9. The van der Waals surface area contributed by atoms with Gasteiger partial charge < -0.3 is 11.1 Å². The van der Waals surface area contributed by atoms with Gasteiger partial charge in [-0.15, -0.1) is 0 Å². The van der Waals surface area contributed by atoms with E-state index in [1.54, 1.807) is 12.1 Å². The van der Waals surface area contributed by atoms with Crippen LogP contribution in [0.25, 0.3) is 0 Å². The minimum Gasteiger partial charge on any atom is -0.378 e. The highest BCUT2D eigenvalue weighted by molar-refractivity contribution is 7.89. The number of anilines is 1. The third-order valence-electron chi connectivity index (χ3n) is 4.42. The zero-order valence-corrected chi connectivity index (χ0v) is 13.0. The topological polar surface area (TPSA) is 84.2 Å². The second-order valence-corrected chi connectivity index (χ2v) is 7.95. The first-order valence-corrected chi connectivity index (χ1v) is 9.12. The molecule has 0 unspecified atom stereocenters. The summed E-state index contributed by atoms with van der Waals surface area (Å²) in [5, 5.41) is 3.50. The predicted octanol–water partition coefficient (Wildman–Crippen LogP) is 1.81. The van der Waals surface area contributed by atoms with Gasteiger partial charge in [0, 0.05) is 23.8 Å². The first-order chi connectivity index (χ1) is 10.0. The van der Waals surface area contributed by atoms with Crippen molar-refractivity contribution in [3.8, 4) is 0 Å². The zero-order chi connectivity index (χ0) is 14.9. The fraction of sp³-hybridized carbons (Fsp3) is 0.600. The molecule has 0 bridgehead atoms. The van der Waals surface area contributed by atoms with Gasteiger partial charge in [0.25, 0.3) is 0 Å². The fourth-order valence-corrected chi connectivity index (χ4v) is 4.25. The summed E-state index contributed by atoms with van der Waals surface area (Å²) in [6.07, 6.45) is 6.43. The molecule has 0 amide bonds. The van der Waals surface area contributed by atoms with Crippen molar-refractivity contribution in [1.29, 1.82) is 0 Å². The monoisotopic (exact) mass is 309 g/mol. The Kier molecular flexibility index (Phi) is 3.94. The molecule has 1 aromatic rings. The van der Waals surface area contributed by atoms with Gasteiger partial charge in [0.15, 0.2) is 0 Å². The number of nitrogens with two attached hydrogens (primary N) is 1. The van der Waals surface area contributed by atoms with Crippen molar-refractivity contribution < 1.29 is 8.42 Å². The van der Waals surface area contributed by atoms with E-state index < -0.39 is 10.0 Å². The van der Waals surface area contributed by atoms with Crippen LogP contribution in [0.3, 0.4) is 0 Å². The van der Waals surface area contributed by atoms with Crippen molar-refractivity contribution in [2.75, 3.05) is 11.9 Å². The van der Waals surface area contributed by atoms with Gasteiger partial charge in [0.1, 0.15) is 0 Å². The fourth-order valence-electron chi connectivity index (χ4n) is 2.94. The molecule has 0 saturated heterocycles. The standard InChI is InChI=1S/C15H23N3O2S/c16-11-15(9-1-2-10-15)17-12-5-7-14(8-6-12)21(19,20)18-13-3-4-13/h5-8,13,17-18H,1-4,9-11,16H2. The van der Waals surface area contributed by atoms with E-state index >= 15 is 0 Å². The third kappa shape index (κ3) is 3.39. The Hall–Kier alpha value is -1.11. The Morgan fingerprint density at radius 2 is 1.76 bits per heavy atom. The molecule has 0 atom stereocenters. The van der Waals surface area contributed by atoms with E-state index in [-0.39, 0.29) is 11.6 Å². The quantitative estimate of drug-likeness (QED) is 0.748. The van der Waals surface area contributed by atoms with E-state index in [0.717, 1.165) is 31.4 Å². The molecule has 6 heteroatoms. The molecule has 5 nitrogen and oxygen atoms in total. The first-order valence-electron chi connectivity index (χ1n) is 7.64. The molecule has 21 heavy (non-hydrogen) atoms. The number of nitrogens with one attached hydrogen (secondary N) is 2. The molecule has 4 N–H and O–H groups in total. The van der Waals surface area contributed by atoms with Crippen molar-refractivity contribution in [1.82, 2.24) is 4.72 Å². The number of rotatable bonds is 6. The maximum absolute atomic E-state index is 12.1. The molecule has 3 rings (SSSR count). The summed E-state index contributed by atoms with van der Waals surface area (Å²) in [6.45, 7) is 0.607. The summed E-state index contributed by atoms with van der Waals surface area (Å²) in [5.74, 6) is 0. The summed E-state index contributed by atoms with van der Waals surface area (Å²) in [6, 6.07) is 7.11. The molecular formula is C15H23N3O2S. The summed E-state index contributed by atoms with van der Waals surface area (Å²) >= 11 is 0. The average molecular weight is 309 g/mol. The van der Waals surface area contributed by atoms with Crippen LogP contribution in [0.4, 0.5) is 5.69 Å². The first kappa shape index (κ1) is 14.8. The molecule has 0 radical (unpaired) electrons. The van der Waals surface area contributed by atoms with Crippen LogP contribution in [0.15, 0.2) is 29.2 Å². The van der Waals surface area contributed by atoms with E-state index in [1.165, 1.54) is 12.8 Å². The van der Waals surface area contributed by atoms with Gasteiger partial charge in [-0.25, -0.2) is 13.1 Å². The lowest BCUT2D eigenvalue weighted by Crippen LogP contribution is -2.42. The zero-order valence-electron chi connectivity index (χ0n) is 12.1. The molecule has 116 valence electrons. The van der Waals surface area contributed by atoms with Gasteiger partial charge in [-0.05, 0) is 49.9 Å². The number of benzene rings is 1. The summed E-state index contributed by atoms with van der Waals surface area (Å²) in [7, 11) is -3.36. The minimum absolute atomic E-state index is 0.0212. The smallest absolute Gasteiger partial charge is 0.240 e. The van der Waals surface area contributed by atoms with Crippen molar-refractivity contribution in [2.24, 2.45) is 5.73 Å². The SMILES string of the molecule is NCC1(Nc2ccc(S(=O)(=O)NC3CC3)cc2)CCCC1. The van der Waals surface area contributed by atoms with E-state index in [2.05, 4.69) is 10.0 Å². The number of hydrogen-bond acceptors (Lipinski definition) is 4. The van der Waals surface area contributed by atoms with Gasteiger partial charge in [0.05, 0.1) is 4.90 Å². The molecule has 0 aliphatic heterocycles. The van der Waals surface area contributed by atoms with Crippen LogP contribution in [-0.4, -0.2) is 26.5 Å². The molecule has 0 spiro atoms. The van der Waals surface area contributed by atoms with Gasteiger partial charge in [-0.3, -0.25) is 0 Å². The number of hydrogen-bond donors (Lipinski definition) is 3. The molecule has 2 fully saturated rings. The van der Waals surface area contributed by atoms with Crippen LogP contribution in [0.5, 0.6) is 0 Å². The number of sulfonamides is 1. The van der Waals surface area contributed by atoms with E-state index in [0.29, 0.717) is 11.4 Å². The lowest BCUT2D eigenvalue weighted by molar-refractivity contribution is 0.493.